The second kappa shape index (κ2) is 8.49. The van der Waals surface area contributed by atoms with Gasteiger partial charge in [-0.1, -0.05) is 6.07 Å². The number of rotatable bonds is 4. The van der Waals surface area contributed by atoms with Crippen LogP contribution >= 0.6 is 12.4 Å². The number of amides is 3. The molecule has 0 bridgehead atoms. The van der Waals surface area contributed by atoms with Gasteiger partial charge < -0.3 is 21.3 Å². The first-order valence-corrected chi connectivity index (χ1v) is 6.85. The molecule has 0 aromatic heterocycles. The topological polar surface area (TPSA) is 82.3 Å². The van der Waals surface area contributed by atoms with E-state index in [9.17, 15) is 9.59 Å². The van der Waals surface area contributed by atoms with Crippen molar-refractivity contribution >= 4 is 35.7 Å². The predicted octanol–water partition coefficient (Wildman–Crippen LogP) is 1.80. The minimum absolute atomic E-state index is 0. The lowest BCUT2D eigenvalue weighted by molar-refractivity contribution is -0.119. The average Bonchev–Trinajstić information content (AvgIpc) is 2.93. The van der Waals surface area contributed by atoms with Crippen molar-refractivity contribution in [2.75, 3.05) is 30.3 Å². The number of nitrogens with one attached hydrogen (secondary N) is 4. The standard InChI is InChI=1S/C14H20N4O2.ClH/c1-2-16-14(20)18-12-5-3-4-11(8-12)17-13(19)10-6-7-15-9-10;/h3-5,8,10,15H,2,6-7,9H2,1H3,(H,17,19)(H2,16,18,20);1H. The number of hydrogen-bond donors (Lipinski definition) is 4. The second-order valence-corrected chi connectivity index (χ2v) is 4.74. The third kappa shape index (κ3) is 5.24. The fourth-order valence-corrected chi connectivity index (χ4v) is 2.13. The Kier molecular flexibility index (Phi) is 6.98. The van der Waals surface area contributed by atoms with E-state index in [1.54, 1.807) is 18.2 Å². The maximum absolute atomic E-state index is 12.0. The first kappa shape index (κ1) is 17.3. The van der Waals surface area contributed by atoms with Crippen LogP contribution in [-0.4, -0.2) is 31.6 Å². The maximum atomic E-state index is 12.0. The van der Waals surface area contributed by atoms with E-state index >= 15 is 0 Å². The Labute approximate surface area is 130 Å². The van der Waals surface area contributed by atoms with Crippen molar-refractivity contribution in [2.24, 2.45) is 5.92 Å². The molecule has 2 rings (SSSR count). The molecule has 0 aliphatic carbocycles. The Hall–Kier alpha value is -1.79. The molecule has 7 heteroatoms. The Balaban J connectivity index is 0.00000220. The summed E-state index contributed by atoms with van der Waals surface area (Å²) in [4.78, 5) is 23.4. The van der Waals surface area contributed by atoms with E-state index in [-0.39, 0.29) is 30.3 Å². The molecule has 0 spiro atoms. The highest BCUT2D eigenvalue weighted by Crippen LogP contribution is 2.17. The number of halogens is 1. The van der Waals surface area contributed by atoms with E-state index < -0.39 is 0 Å². The minimum Gasteiger partial charge on any atom is -0.338 e. The van der Waals surface area contributed by atoms with E-state index in [1.807, 2.05) is 13.0 Å². The van der Waals surface area contributed by atoms with E-state index in [1.165, 1.54) is 0 Å². The zero-order chi connectivity index (χ0) is 14.4. The van der Waals surface area contributed by atoms with E-state index in [0.717, 1.165) is 19.5 Å². The van der Waals surface area contributed by atoms with E-state index in [4.69, 9.17) is 0 Å². The monoisotopic (exact) mass is 312 g/mol. The summed E-state index contributed by atoms with van der Waals surface area (Å²) < 4.78 is 0. The van der Waals surface area contributed by atoms with Crippen molar-refractivity contribution in [1.82, 2.24) is 10.6 Å². The zero-order valence-electron chi connectivity index (χ0n) is 11.9. The van der Waals surface area contributed by atoms with Gasteiger partial charge >= 0.3 is 6.03 Å². The lowest BCUT2D eigenvalue weighted by atomic mass is 10.1. The van der Waals surface area contributed by atoms with Crippen LogP contribution < -0.4 is 21.3 Å². The van der Waals surface area contributed by atoms with Gasteiger partial charge in [0, 0.05) is 24.5 Å². The normalized spacial score (nSPS) is 16.7. The maximum Gasteiger partial charge on any atom is 0.319 e. The second-order valence-electron chi connectivity index (χ2n) is 4.74. The highest BCUT2D eigenvalue weighted by molar-refractivity contribution is 5.94. The van der Waals surface area contributed by atoms with Crippen LogP contribution in [0.15, 0.2) is 24.3 Å². The van der Waals surface area contributed by atoms with Crippen LogP contribution in [0.1, 0.15) is 13.3 Å². The van der Waals surface area contributed by atoms with E-state index in [2.05, 4.69) is 21.3 Å². The molecule has 1 aliphatic rings. The quantitative estimate of drug-likeness (QED) is 0.684. The summed E-state index contributed by atoms with van der Waals surface area (Å²) in [6.07, 6.45) is 0.864. The molecule has 1 aromatic carbocycles. The predicted molar refractivity (Wildman–Crippen MR) is 86.0 cm³/mol. The summed E-state index contributed by atoms with van der Waals surface area (Å²) in [6, 6.07) is 6.88. The highest BCUT2D eigenvalue weighted by atomic mass is 35.5. The molecule has 1 aliphatic heterocycles. The molecule has 21 heavy (non-hydrogen) atoms. The molecule has 1 fully saturated rings. The zero-order valence-corrected chi connectivity index (χ0v) is 12.8. The first-order chi connectivity index (χ1) is 9.69. The average molecular weight is 313 g/mol. The Morgan fingerprint density at radius 1 is 1.29 bits per heavy atom. The van der Waals surface area contributed by atoms with Gasteiger partial charge in [-0.05, 0) is 38.1 Å². The third-order valence-corrected chi connectivity index (χ3v) is 3.16. The summed E-state index contributed by atoms with van der Waals surface area (Å²) in [7, 11) is 0. The molecule has 116 valence electrons. The minimum atomic E-state index is -0.254. The van der Waals surface area contributed by atoms with Crippen molar-refractivity contribution < 1.29 is 9.59 Å². The first-order valence-electron chi connectivity index (χ1n) is 6.85. The van der Waals surface area contributed by atoms with Crippen LogP contribution in [-0.2, 0) is 4.79 Å². The molecule has 1 aromatic rings. The molecule has 1 saturated heterocycles. The van der Waals surface area contributed by atoms with Crippen LogP contribution in [0.25, 0.3) is 0 Å². The highest BCUT2D eigenvalue weighted by Gasteiger charge is 2.22. The summed E-state index contributed by atoms with van der Waals surface area (Å²) >= 11 is 0. The lowest BCUT2D eigenvalue weighted by Gasteiger charge is -2.11. The number of urea groups is 1. The van der Waals surface area contributed by atoms with Crippen molar-refractivity contribution in [1.29, 1.82) is 0 Å². The number of carbonyl (C=O) groups excluding carboxylic acids is 2. The van der Waals surface area contributed by atoms with Crippen molar-refractivity contribution in [2.45, 2.75) is 13.3 Å². The van der Waals surface area contributed by atoms with Gasteiger partial charge in [-0.15, -0.1) is 12.4 Å². The number of anilines is 2. The molecule has 4 N–H and O–H groups in total. The van der Waals surface area contributed by atoms with Gasteiger partial charge in [0.15, 0.2) is 0 Å². The molecule has 0 radical (unpaired) electrons. The molecule has 1 unspecified atom stereocenters. The van der Waals surface area contributed by atoms with Crippen LogP contribution in [0, 0.1) is 5.92 Å². The summed E-state index contributed by atoms with van der Waals surface area (Å²) in [5.41, 5.74) is 1.34. The van der Waals surface area contributed by atoms with Gasteiger partial charge in [-0.3, -0.25) is 4.79 Å². The van der Waals surface area contributed by atoms with Gasteiger partial charge in [-0.2, -0.15) is 0 Å². The fraction of sp³-hybridized carbons (Fsp3) is 0.429. The SMILES string of the molecule is CCNC(=O)Nc1cccc(NC(=O)C2CCNC2)c1.Cl. The number of carbonyl (C=O) groups is 2. The summed E-state index contributed by atoms with van der Waals surface area (Å²) in [6.45, 7) is 4.03. The van der Waals surface area contributed by atoms with Crippen LogP contribution in [0.5, 0.6) is 0 Å². The molecule has 3 amide bonds. The van der Waals surface area contributed by atoms with Crippen LogP contribution in [0.4, 0.5) is 16.2 Å². The number of benzene rings is 1. The Morgan fingerprint density at radius 2 is 2.00 bits per heavy atom. The van der Waals surface area contributed by atoms with Crippen molar-refractivity contribution in [3.05, 3.63) is 24.3 Å². The van der Waals surface area contributed by atoms with Gasteiger partial charge in [0.2, 0.25) is 5.91 Å². The van der Waals surface area contributed by atoms with Gasteiger partial charge in [0.05, 0.1) is 5.92 Å². The van der Waals surface area contributed by atoms with Gasteiger partial charge in [0.1, 0.15) is 0 Å². The van der Waals surface area contributed by atoms with Gasteiger partial charge in [-0.25, -0.2) is 4.79 Å². The van der Waals surface area contributed by atoms with Gasteiger partial charge in [0.25, 0.3) is 0 Å². The molecule has 1 atom stereocenters. The lowest BCUT2D eigenvalue weighted by Crippen LogP contribution is -2.28. The Morgan fingerprint density at radius 3 is 2.62 bits per heavy atom. The summed E-state index contributed by atoms with van der Waals surface area (Å²) in [5.74, 6) is 0.0418. The van der Waals surface area contributed by atoms with Crippen molar-refractivity contribution in [3.8, 4) is 0 Å². The van der Waals surface area contributed by atoms with Crippen LogP contribution in [0.2, 0.25) is 0 Å². The fourth-order valence-electron chi connectivity index (χ4n) is 2.13. The molecular formula is C14H21ClN4O2. The Bertz CT molecular complexity index is 490. The largest absolute Gasteiger partial charge is 0.338 e. The van der Waals surface area contributed by atoms with E-state index in [0.29, 0.717) is 17.9 Å². The molecular weight excluding hydrogens is 292 g/mol. The van der Waals surface area contributed by atoms with Crippen LogP contribution in [0.3, 0.4) is 0 Å². The van der Waals surface area contributed by atoms with Crippen molar-refractivity contribution in [3.63, 3.8) is 0 Å². The molecule has 1 heterocycles. The summed E-state index contributed by atoms with van der Waals surface area (Å²) in [5, 5.41) is 11.4. The molecule has 6 nitrogen and oxygen atoms in total. The smallest absolute Gasteiger partial charge is 0.319 e. The molecule has 0 saturated carbocycles. The third-order valence-electron chi connectivity index (χ3n) is 3.16. The number of hydrogen-bond acceptors (Lipinski definition) is 3.